The third-order valence-electron chi connectivity index (χ3n) is 3.51. The first kappa shape index (κ1) is 18.9. The van der Waals surface area contributed by atoms with E-state index in [1.807, 2.05) is 0 Å². The summed E-state index contributed by atoms with van der Waals surface area (Å²) in [5, 5.41) is 0.209. The van der Waals surface area contributed by atoms with Gasteiger partial charge < -0.3 is 18.9 Å². The van der Waals surface area contributed by atoms with Crippen molar-refractivity contribution in [2.75, 3.05) is 21.3 Å². The van der Waals surface area contributed by atoms with Crippen LogP contribution in [0.1, 0.15) is 11.1 Å². The fraction of sp³-hybridized carbons (Fsp3) is 0.278. The normalized spacial score (nSPS) is 10.3. The van der Waals surface area contributed by atoms with E-state index >= 15 is 0 Å². The molecule has 2 aromatic carbocycles. The van der Waals surface area contributed by atoms with Gasteiger partial charge in [-0.1, -0.05) is 17.7 Å². The highest BCUT2D eigenvalue weighted by atomic mass is 35.5. The molecule has 0 unspecified atom stereocenters. The van der Waals surface area contributed by atoms with Crippen molar-refractivity contribution < 1.29 is 28.1 Å². The maximum atomic E-state index is 13.7. The van der Waals surface area contributed by atoms with E-state index in [-0.39, 0.29) is 23.6 Å². The van der Waals surface area contributed by atoms with Crippen LogP contribution in [0.2, 0.25) is 5.02 Å². The second-order valence-electron chi connectivity index (χ2n) is 5.07. The van der Waals surface area contributed by atoms with Gasteiger partial charge in [0.2, 0.25) is 5.75 Å². The smallest absolute Gasteiger partial charge is 0.310 e. The highest BCUT2D eigenvalue weighted by Gasteiger charge is 2.16. The summed E-state index contributed by atoms with van der Waals surface area (Å²) >= 11 is 5.91. The summed E-state index contributed by atoms with van der Waals surface area (Å²) in [7, 11) is 4.46. The maximum Gasteiger partial charge on any atom is 0.310 e. The van der Waals surface area contributed by atoms with Crippen LogP contribution < -0.4 is 14.2 Å². The minimum absolute atomic E-state index is 0.0389. The van der Waals surface area contributed by atoms with Crippen LogP contribution >= 0.6 is 11.6 Å². The van der Waals surface area contributed by atoms with Crippen molar-refractivity contribution in [3.63, 3.8) is 0 Å². The minimum atomic E-state index is -0.534. The molecule has 0 fully saturated rings. The molecule has 0 N–H and O–H groups in total. The predicted molar refractivity (Wildman–Crippen MR) is 91.0 cm³/mol. The molecule has 0 saturated carbocycles. The first-order chi connectivity index (χ1) is 12.0. The molecule has 0 atom stereocenters. The van der Waals surface area contributed by atoms with Gasteiger partial charge in [-0.05, 0) is 29.8 Å². The van der Waals surface area contributed by atoms with Gasteiger partial charge in [-0.3, -0.25) is 4.79 Å². The standard InChI is InChI=1S/C18H18ClFO5/c1-22-15-7-11(8-16(23-2)18(15)24-3)9-17(21)25-10-12-13(19)5-4-6-14(12)20/h4-8H,9-10H2,1-3H3. The molecule has 0 aliphatic carbocycles. The van der Waals surface area contributed by atoms with E-state index < -0.39 is 11.8 Å². The quantitative estimate of drug-likeness (QED) is 0.696. The maximum absolute atomic E-state index is 13.7. The Labute approximate surface area is 150 Å². The van der Waals surface area contributed by atoms with Crippen molar-refractivity contribution in [2.24, 2.45) is 0 Å². The Balaban J connectivity index is 2.10. The second kappa shape index (κ2) is 8.58. The van der Waals surface area contributed by atoms with E-state index in [0.717, 1.165) is 0 Å². The van der Waals surface area contributed by atoms with Crippen molar-refractivity contribution in [1.82, 2.24) is 0 Å². The van der Waals surface area contributed by atoms with Crippen molar-refractivity contribution in [3.8, 4) is 17.2 Å². The van der Waals surface area contributed by atoms with Crippen LogP contribution in [0.15, 0.2) is 30.3 Å². The van der Waals surface area contributed by atoms with E-state index in [1.165, 1.54) is 39.5 Å². The number of carbonyl (C=O) groups is 1. The summed E-state index contributed by atoms with van der Waals surface area (Å²) in [4.78, 5) is 12.1. The Kier molecular flexibility index (Phi) is 6.47. The molecule has 5 nitrogen and oxygen atoms in total. The average Bonchev–Trinajstić information content (AvgIpc) is 2.60. The number of benzene rings is 2. The van der Waals surface area contributed by atoms with E-state index in [4.69, 9.17) is 30.5 Å². The van der Waals surface area contributed by atoms with Gasteiger partial charge in [0.25, 0.3) is 0 Å². The van der Waals surface area contributed by atoms with Crippen molar-refractivity contribution in [1.29, 1.82) is 0 Å². The lowest BCUT2D eigenvalue weighted by molar-refractivity contribution is -0.144. The second-order valence-corrected chi connectivity index (χ2v) is 5.48. The molecule has 0 heterocycles. The molecule has 0 aliphatic rings. The Bertz CT molecular complexity index is 718. The van der Waals surface area contributed by atoms with Gasteiger partial charge in [0, 0.05) is 5.56 Å². The first-order valence-electron chi connectivity index (χ1n) is 7.37. The van der Waals surface area contributed by atoms with Gasteiger partial charge in [-0.25, -0.2) is 4.39 Å². The van der Waals surface area contributed by atoms with E-state index in [1.54, 1.807) is 12.1 Å². The molecule has 0 aromatic heterocycles. The topological polar surface area (TPSA) is 54.0 Å². The zero-order valence-electron chi connectivity index (χ0n) is 14.1. The Morgan fingerprint density at radius 3 is 2.24 bits per heavy atom. The Morgan fingerprint density at radius 1 is 1.08 bits per heavy atom. The molecule has 0 amide bonds. The van der Waals surface area contributed by atoms with Crippen molar-refractivity contribution >= 4 is 17.6 Å². The number of rotatable bonds is 7. The summed E-state index contributed by atoms with van der Waals surface area (Å²) in [6.07, 6.45) is -0.0389. The van der Waals surface area contributed by atoms with Crippen LogP contribution in [0, 0.1) is 5.82 Å². The molecule has 0 bridgehead atoms. The highest BCUT2D eigenvalue weighted by molar-refractivity contribution is 6.31. The molecule has 0 spiro atoms. The molecule has 7 heteroatoms. The summed E-state index contributed by atoms with van der Waals surface area (Å²) in [5.41, 5.74) is 0.751. The number of hydrogen-bond donors (Lipinski definition) is 0. The molecular formula is C18H18ClFO5. The van der Waals surface area contributed by atoms with Crippen molar-refractivity contribution in [2.45, 2.75) is 13.0 Å². The molecular weight excluding hydrogens is 351 g/mol. The van der Waals surface area contributed by atoms with Crippen molar-refractivity contribution in [3.05, 3.63) is 52.3 Å². The third kappa shape index (κ3) is 4.54. The van der Waals surface area contributed by atoms with Gasteiger partial charge >= 0.3 is 5.97 Å². The highest BCUT2D eigenvalue weighted by Crippen LogP contribution is 2.38. The Morgan fingerprint density at radius 2 is 1.72 bits per heavy atom. The van der Waals surface area contributed by atoms with Crippen LogP contribution in [0.25, 0.3) is 0 Å². The lowest BCUT2D eigenvalue weighted by Gasteiger charge is -2.14. The molecule has 0 aliphatic heterocycles. The van der Waals surface area contributed by atoms with Crippen LogP contribution in [-0.2, 0) is 22.6 Å². The minimum Gasteiger partial charge on any atom is -0.493 e. The Hall–Kier alpha value is -2.47. The molecule has 0 radical (unpaired) electrons. The number of methoxy groups -OCH3 is 3. The van der Waals surface area contributed by atoms with Gasteiger partial charge in [0.1, 0.15) is 12.4 Å². The van der Waals surface area contributed by atoms with E-state index in [9.17, 15) is 9.18 Å². The van der Waals surface area contributed by atoms with Gasteiger partial charge in [-0.2, -0.15) is 0 Å². The number of halogens is 2. The monoisotopic (exact) mass is 368 g/mol. The van der Waals surface area contributed by atoms with Crippen LogP contribution in [-0.4, -0.2) is 27.3 Å². The SMILES string of the molecule is COc1cc(CC(=O)OCc2c(F)cccc2Cl)cc(OC)c1OC. The largest absolute Gasteiger partial charge is 0.493 e. The molecule has 2 rings (SSSR count). The van der Waals surface area contributed by atoms with Gasteiger partial charge in [0.05, 0.1) is 32.8 Å². The predicted octanol–water partition coefficient (Wildman–Crippen LogP) is 3.79. The first-order valence-corrected chi connectivity index (χ1v) is 7.75. The number of carbonyl (C=O) groups excluding carboxylic acids is 1. The third-order valence-corrected chi connectivity index (χ3v) is 3.87. The molecule has 25 heavy (non-hydrogen) atoms. The fourth-order valence-corrected chi connectivity index (χ4v) is 2.50. The number of hydrogen-bond acceptors (Lipinski definition) is 5. The summed E-state index contributed by atoms with van der Waals surface area (Å²) in [6, 6.07) is 7.58. The average molecular weight is 369 g/mol. The lowest BCUT2D eigenvalue weighted by atomic mass is 10.1. The summed E-state index contributed by atoms with van der Waals surface area (Å²) < 4.78 is 34.5. The molecule has 134 valence electrons. The fourth-order valence-electron chi connectivity index (χ4n) is 2.28. The number of ether oxygens (including phenoxy) is 4. The van der Waals surface area contributed by atoms with Crippen LogP contribution in [0.3, 0.4) is 0 Å². The van der Waals surface area contributed by atoms with Crippen LogP contribution in [0.4, 0.5) is 4.39 Å². The molecule has 0 saturated heterocycles. The zero-order valence-corrected chi connectivity index (χ0v) is 14.9. The summed E-state index contributed by atoms with van der Waals surface area (Å²) in [5.74, 6) is 0.241. The number of esters is 1. The molecule has 2 aromatic rings. The van der Waals surface area contributed by atoms with E-state index in [2.05, 4.69) is 0 Å². The summed E-state index contributed by atoms with van der Waals surface area (Å²) in [6.45, 7) is -0.241. The van der Waals surface area contributed by atoms with Gasteiger partial charge in [0.15, 0.2) is 11.5 Å². The van der Waals surface area contributed by atoms with Gasteiger partial charge in [-0.15, -0.1) is 0 Å². The van der Waals surface area contributed by atoms with E-state index in [0.29, 0.717) is 22.8 Å². The zero-order chi connectivity index (χ0) is 18.4. The lowest BCUT2D eigenvalue weighted by Crippen LogP contribution is -2.09. The van der Waals surface area contributed by atoms with Crippen LogP contribution in [0.5, 0.6) is 17.2 Å².